The van der Waals surface area contributed by atoms with Gasteiger partial charge in [-0.3, -0.25) is 4.79 Å². The van der Waals surface area contributed by atoms with Gasteiger partial charge in [-0.1, -0.05) is 0 Å². The smallest absolute Gasteiger partial charge is 0.302 e. The number of esters is 1. The highest BCUT2D eigenvalue weighted by Gasteiger charge is 2.41. The Morgan fingerprint density at radius 3 is 2.64 bits per heavy atom. The van der Waals surface area contributed by atoms with E-state index < -0.39 is 0 Å². The maximum Gasteiger partial charge on any atom is 0.302 e. The molecule has 2 fully saturated rings. The third kappa shape index (κ3) is 1.26. The van der Waals surface area contributed by atoms with Crippen LogP contribution in [0.15, 0.2) is 0 Å². The van der Waals surface area contributed by atoms with Crippen LogP contribution in [0.25, 0.3) is 0 Å². The van der Waals surface area contributed by atoms with Crippen molar-refractivity contribution in [2.24, 2.45) is 11.8 Å². The number of ether oxygens (including phenoxy) is 1. The number of rotatable bonds is 1. The molecule has 2 nitrogen and oxygen atoms in total. The SMILES string of the molecule is CC(=O)OC1C[C@@H]2CC[C@H]1C2. The molecular weight excluding hydrogens is 140 g/mol. The van der Waals surface area contributed by atoms with Crippen molar-refractivity contribution in [1.82, 2.24) is 0 Å². The lowest BCUT2D eigenvalue weighted by Crippen LogP contribution is -2.22. The normalized spacial score (nSPS) is 41.0. The Labute approximate surface area is 66.9 Å². The van der Waals surface area contributed by atoms with Gasteiger partial charge in [0.05, 0.1) is 0 Å². The summed E-state index contributed by atoms with van der Waals surface area (Å²) in [6.45, 7) is 1.51. The van der Waals surface area contributed by atoms with Crippen molar-refractivity contribution in [1.29, 1.82) is 0 Å². The second-order valence-electron chi connectivity index (χ2n) is 3.82. The summed E-state index contributed by atoms with van der Waals surface area (Å²) in [5.74, 6) is 1.45. The lowest BCUT2D eigenvalue weighted by molar-refractivity contribution is -0.148. The summed E-state index contributed by atoms with van der Waals surface area (Å²) < 4.78 is 5.21. The first-order valence-corrected chi connectivity index (χ1v) is 4.43. The van der Waals surface area contributed by atoms with Gasteiger partial charge in [-0.05, 0) is 37.5 Å². The minimum absolute atomic E-state index is 0.109. The van der Waals surface area contributed by atoms with Gasteiger partial charge in [0.15, 0.2) is 0 Å². The van der Waals surface area contributed by atoms with Crippen molar-refractivity contribution in [3.63, 3.8) is 0 Å². The molecule has 0 aliphatic heterocycles. The van der Waals surface area contributed by atoms with Crippen molar-refractivity contribution in [3.8, 4) is 0 Å². The van der Waals surface area contributed by atoms with Crippen LogP contribution in [0.1, 0.15) is 32.6 Å². The summed E-state index contributed by atoms with van der Waals surface area (Å²) in [4.78, 5) is 10.7. The summed E-state index contributed by atoms with van der Waals surface area (Å²) in [5, 5.41) is 0. The molecular formula is C9H14O2. The molecule has 2 rings (SSSR count). The largest absolute Gasteiger partial charge is 0.462 e. The third-order valence-corrected chi connectivity index (χ3v) is 2.99. The van der Waals surface area contributed by atoms with Crippen LogP contribution >= 0.6 is 0 Å². The first kappa shape index (κ1) is 7.14. The fourth-order valence-electron chi connectivity index (χ4n) is 2.54. The molecule has 62 valence electrons. The Balaban J connectivity index is 1.92. The molecule has 0 aromatic rings. The van der Waals surface area contributed by atoms with Crippen LogP contribution in [-0.4, -0.2) is 12.1 Å². The number of carbonyl (C=O) groups excluding carboxylic acids is 1. The number of fused-ring (bicyclic) bond motifs is 2. The van der Waals surface area contributed by atoms with E-state index in [-0.39, 0.29) is 12.1 Å². The van der Waals surface area contributed by atoms with E-state index >= 15 is 0 Å². The fourth-order valence-corrected chi connectivity index (χ4v) is 2.54. The summed E-state index contributed by atoms with van der Waals surface area (Å²) in [5.41, 5.74) is 0. The van der Waals surface area contributed by atoms with E-state index in [1.165, 1.54) is 26.2 Å². The van der Waals surface area contributed by atoms with Gasteiger partial charge in [-0.25, -0.2) is 0 Å². The van der Waals surface area contributed by atoms with Gasteiger partial charge in [-0.2, -0.15) is 0 Å². The molecule has 0 radical (unpaired) electrons. The van der Waals surface area contributed by atoms with E-state index in [0.717, 1.165) is 12.3 Å². The zero-order valence-electron chi connectivity index (χ0n) is 6.88. The zero-order valence-corrected chi connectivity index (χ0v) is 6.88. The lowest BCUT2D eigenvalue weighted by Gasteiger charge is -2.20. The summed E-state index contributed by atoms with van der Waals surface area (Å²) >= 11 is 0. The van der Waals surface area contributed by atoms with Crippen LogP contribution in [-0.2, 0) is 9.53 Å². The standard InChI is InChI=1S/C9H14O2/c1-6(10)11-9-5-7-2-3-8(9)4-7/h7-9H,2-5H2,1H3/t7-,8+,9?/m1/s1. The highest BCUT2D eigenvalue weighted by Crippen LogP contribution is 2.45. The van der Waals surface area contributed by atoms with Gasteiger partial charge >= 0.3 is 5.97 Å². The minimum Gasteiger partial charge on any atom is -0.462 e. The Morgan fingerprint density at radius 2 is 2.18 bits per heavy atom. The Bertz CT molecular complexity index is 176. The first-order valence-electron chi connectivity index (χ1n) is 4.43. The molecule has 11 heavy (non-hydrogen) atoms. The van der Waals surface area contributed by atoms with E-state index in [0.29, 0.717) is 5.92 Å². The fraction of sp³-hybridized carbons (Fsp3) is 0.889. The van der Waals surface area contributed by atoms with E-state index in [1.54, 1.807) is 0 Å². The molecule has 3 atom stereocenters. The van der Waals surface area contributed by atoms with Gasteiger partial charge < -0.3 is 4.74 Å². The quantitative estimate of drug-likeness (QED) is 0.538. The molecule has 2 aliphatic rings. The summed E-state index contributed by atoms with van der Waals surface area (Å²) in [7, 11) is 0. The van der Waals surface area contributed by atoms with E-state index in [9.17, 15) is 4.79 Å². The van der Waals surface area contributed by atoms with Crippen LogP contribution < -0.4 is 0 Å². The van der Waals surface area contributed by atoms with Crippen LogP contribution in [0.3, 0.4) is 0 Å². The second kappa shape index (κ2) is 2.50. The van der Waals surface area contributed by atoms with Crippen molar-refractivity contribution in [2.45, 2.75) is 38.7 Å². The molecule has 0 heterocycles. The maximum absolute atomic E-state index is 10.7. The van der Waals surface area contributed by atoms with Crippen molar-refractivity contribution >= 4 is 5.97 Å². The Kier molecular flexibility index (Phi) is 1.63. The van der Waals surface area contributed by atoms with Crippen molar-refractivity contribution in [3.05, 3.63) is 0 Å². The average Bonchev–Trinajstić information content (AvgIpc) is 2.45. The number of hydrogen-bond acceptors (Lipinski definition) is 2. The molecule has 1 unspecified atom stereocenters. The van der Waals surface area contributed by atoms with E-state index in [4.69, 9.17) is 4.74 Å². The number of hydrogen-bond donors (Lipinski definition) is 0. The molecule has 2 bridgehead atoms. The molecule has 0 N–H and O–H groups in total. The first-order chi connectivity index (χ1) is 5.25. The topological polar surface area (TPSA) is 26.3 Å². The molecule has 0 aromatic heterocycles. The van der Waals surface area contributed by atoms with Gasteiger partial charge in [0.25, 0.3) is 0 Å². The van der Waals surface area contributed by atoms with Gasteiger partial charge in [-0.15, -0.1) is 0 Å². The molecule has 0 aromatic carbocycles. The van der Waals surface area contributed by atoms with Gasteiger partial charge in [0.2, 0.25) is 0 Å². The summed E-state index contributed by atoms with van der Waals surface area (Å²) in [6.07, 6.45) is 5.35. The lowest BCUT2D eigenvalue weighted by atomic mass is 9.98. The van der Waals surface area contributed by atoms with Crippen molar-refractivity contribution < 1.29 is 9.53 Å². The molecule has 2 saturated carbocycles. The molecule has 0 saturated heterocycles. The Hall–Kier alpha value is -0.530. The monoisotopic (exact) mass is 154 g/mol. The Morgan fingerprint density at radius 1 is 1.36 bits per heavy atom. The highest BCUT2D eigenvalue weighted by molar-refractivity contribution is 5.66. The molecule has 2 heteroatoms. The number of carbonyl (C=O) groups is 1. The third-order valence-electron chi connectivity index (χ3n) is 2.99. The van der Waals surface area contributed by atoms with Crippen LogP contribution in [0.2, 0.25) is 0 Å². The van der Waals surface area contributed by atoms with E-state index in [1.807, 2.05) is 0 Å². The van der Waals surface area contributed by atoms with Gasteiger partial charge in [0, 0.05) is 6.92 Å². The van der Waals surface area contributed by atoms with E-state index in [2.05, 4.69) is 0 Å². The maximum atomic E-state index is 10.7. The molecule has 0 spiro atoms. The average molecular weight is 154 g/mol. The molecule has 0 amide bonds. The zero-order chi connectivity index (χ0) is 7.84. The predicted molar refractivity (Wildman–Crippen MR) is 41.0 cm³/mol. The predicted octanol–water partition coefficient (Wildman–Crippen LogP) is 1.74. The van der Waals surface area contributed by atoms with Crippen molar-refractivity contribution in [2.75, 3.05) is 0 Å². The van der Waals surface area contributed by atoms with Crippen LogP contribution in [0.5, 0.6) is 0 Å². The summed E-state index contributed by atoms with van der Waals surface area (Å²) in [6, 6.07) is 0. The second-order valence-corrected chi connectivity index (χ2v) is 3.82. The molecule has 2 aliphatic carbocycles. The van der Waals surface area contributed by atoms with Crippen LogP contribution in [0.4, 0.5) is 0 Å². The highest BCUT2D eigenvalue weighted by atomic mass is 16.5. The minimum atomic E-state index is -0.109. The van der Waals surface area contributed by atoms with Gasteiger partial charge in [0.1, 0.15) is 6.10 Å². The van der Waals surface area contributed by atoms with Crippen LogP contribution in [0, 0.1) is 11.8 Å².